The van der Waals surface area contributed by atoms with Crippen LogP contribution >= 0.6 is 11.3 Å². The third kappa shape index (κ3) is 3.45. The number of rotatable bonds is 4. The van der Waals surface area contributed by atoms with Crippen molar-refractivity contribution >= 4 is 17.4 Å². The van der Waals surface area contributed by atoms with Gasteiger partial charge >= 0.3 is 6.09 Å². The average Bonchev–Trinajstić information content (AvgIpc) is 3.24. The molecule has 1 aromatic heterocycles. The first kappa shape index (κ1) is 15.0. The van der Waals surface area contributed by atoms with E-state index in [9.17, 15) is 9.90 Å². The number of thiazole rings is 1. The Bertz CT molecular complexity index is 603. The first-order valence-electron chi connectivity index (χ1n) is 7.27. The van der Waals surface area contributed by atoms with E-state index in [1.165, 1.54) is 11.3 Å². The van der Waals surface area contributed by atoms with Crippen LogP contribution in [0.25, 0.3) is 0 Å². The summed E-state index contributed by atoms with van der Waals surface area (Å²) < 4.78 is 5.32. The van der Waals surface area contributed by atoms with Gasteiger partial charge in [0.25, 0.3) is 0 Å². The first-order chi connectivity index (χ1) is 10.7. The minimum atomic E-state index is -0.605. The summed E-state index contributed by atoms with van der Waals surface area (Å²) in [4.78, 5) is 17.9. The van der Waals surface area contributed by atoms with Gasteiger partial charge in [-0.3, -0.25) is 0 Å². The molecule has 1 aliphatic heterocycles. The van der Waals surface area contributed by atoms with Crippen LogP contribution in [-0.4, -0.2) is 34.2 Å². The van der Waals surface area contributed by atoms with Gasteiger partial charge in [-0.1, -0.05) is 30.3 Å². The second kappa shape index (κ2) is 6.89. The van der Waals surface area contributed by atoms with Gasteiger partial charge in [-0.15, -0.1) is 11.3 Å². The Morgan fingerprint density at radius 2 is 2.27 bits per heavy atom. The second-order valence-electron chi connectivity index (χ2n) is 5.35. The first-order valence-corrected chi connectivity index (χ1v) is 8.15. The van der Waals surface area contributed by atoms with Crippen LogP contribution in [0.5, 0.6) is 0 Å². The molecule has 0 bridgehead atoms. The number of nitrogens with zero attached hydrogens (tertiary/aromatic N) is 2. The summed E-state index contributed by atoms with van der Waals surface area (Å²) >= 11 is 1.44. The molecule has 1 fully saturated rings. The van der Waals surface area contributed by atoms with Gasteiger partial charge in [0, 0.05) is 30.6 Å². The molecule has 116 valence electrons. The standard InChI is InChI=1S/C16H18N2O3S/c19-14(15-17-7-9-22-15)13-6-8-18(10-13)16(20)21-11-12-4-2-1-3-5-12/h1-5,7,9,13-14,19H,6,8,10-11H2. The summed E-state index contributed by atoms with van der Waals surface area (Å²) in [6.45, 7) is 1.39. The van der Waals surface area contributed by atoms with E-state index in [-0.39, 0.29) is 18.6 Å². The molecule has 1 aromatic carbocycles. The topological polar surface area (TPSA) is 62.7 Å². The molecule has 5 nitrogen and oxygen atoms in total. The maximum Gasteiger partial charge on any atom is 0.410 e. The number of ether oxygens (including phenoxy) is 1. The minimum Gasteiger partial charge on any atom is -0.445 e. The molecular formula is C16H18N2O3S. The van der Waals surface area contributed by atoms with Crippen molar-refractivity contribution in [2.75, 3.05) is 13.1 Å². The SMILES string of the molecule is O=C(OCc1ccccc1)N1CCC(C(O)c2nccs2)C1. The normalized spacial score (nSPS) is 19.1. The van der Waals surface area contributed by atoms with Crippen molar-refractivity contribution in [2.45, 2.75) is 19.1 Å². The summed E-state index contributed by atoms with van der Waals surface area (Å²) in [7, 11) is 0. The quantitative estimate of drug-likeness (QED) is 0.941. The summed E-state index contributed by atoms with van der Waals surface area (Å²) in [5, 5.41) is 12.8. The molecule has 1 N–H and O–H groups in total. The molecular weight excluding hydrogens is 300 g/mol. The predicted octanol–water partition coefficient (Wildman–Crippen LogP) is 2.84. The number of amides is 1. The van der Waals surface area contributed by atoms with E-state index < -0.39 is 6.10 Å². The van der Waals surface area contributed by atoms with E-state index in [1.807, 2.05) is 35.7 Å². The number of hydrogen-bond donors (Lipinski definition) is 1. The van der Waals surface area contributed by atoms with Crippen LogP contribution in [-0.2, 0) is 11.3 Å². The molecule has 22 heavy (non-hydrogen) atoms. The molecule has 1 saturated heterocycles. The van der Waals surface area contributed by atoms with Gasteiger partial charge in [0.15, 0.2) is 0 Å². The fourth-order valence-electron chi connectivity index (χ4n) is 2.60. The van der Waals surface area contributed by atoms with Crippen LogP contribution in [0.2, 0.25) is 0 Å². The fraction of sp³-hybridized carbons (Fsp3) is 0.375. The number of hydrogen-bond acceptors (Lipinski definition) is 5. The van der Waals surface area contributed by atoms with E-state index in [4.69, 9.17) is 4.74 Å². The summed E-state index contributed by atoms with van der Waals surface area (Å²) in [5.41, 5.74) is 0.967. The van der Waals surface area contributed by atoms with Crippen molar-refractivity contribution in [2.24, 2.45) is 5.92 Å². The average molecular weight is 318 g/mol. The van der Waals surface area contributed by atoms with Crippen molar-refractivity contribution in [3.63, 3.8) is 0 Å². The molecule has 0 radical (unpaired) electrons. The summed E-state index contributed by atoms with van der Waals surface area (Å²) in [6.07, 6.45) is 1.52. The van der Waals surface area contributed by atoms with Crippen molar-refractivity contribution in [1.82, 2.24) is 9.88 Å². The molecule has 2 unspecified atom stereocenters. The van der Waals surface area contributed by atoms with Crippen LogP contribution < -0.4 is 0 Å². The summed E-state index contributed by atoms with van der Waals surface area (Å²) in [5.74, 6) is 0.0235. The molecule has 0 saturated carbocycles. The van der Waals surface area contributed by atoms with E-state index in [0.717, 1.165) is 12.0 Å². The van der Waals surface area contributed by atoms with Crippen molar-refractivity contribution < 1.29 is 14.6 Å². The fourth-order valence-corrected chi connectivity index (χ4v) is 3.32. The van der Waals surface area contributed by atoms with Crippen LogP contribution in [0.3, 0.4) is 0 Å². The van der Waals surface area contributed by atoms with Gasteiger partial charge in [-0.25, -0.2) is 9.78 Å². The summed E-state index contributed by atoms with van der Waals surface area (Å²) in [6, 6.07) is 9.60. The molecule has 2 aromatic rings. The lowest BCUT2D eigenvalue weighted by Crippen LogP contribution is -2.30. The van der Waals surface area contributed by atoms with Crippen LogP contribution in [0.4, 0.5) is 4.79 Å². The van der Waals surface area contributed by atoms with Gasteiger partial charge in [0.1, 0.15) is 17.7 Å². The van der Waals surface area contributed by atoms with Crippen molar-refractivity contribution in [1.29, 1.82) is 0 Å². The Kier molecular flexibility index (Phi) is 4.70. The van der Waals surface area contributed by atoms with Crippen molar-refractivity contribution in [3.05, 3.63) is 52.5 Å². The highest BCUT2D eigenvalue weighted by Gasteiger charge is 2.33. The largest absolute Gasteiger partial charge is 0.445 e. The van der Waals surface area contributed by atoms with E-state index in [2.05, 4.69) is 4.98 Å². The predicted molar refractivity (Wildman–Crippen MR) is 83.4 cm³/mol. The maximum absolute atomic E-state index is 12.1. The van der Waals surface area contributed by atoms with E-state index in [1.54, 1.807) is 11.1 Å². The monoisotopic (exact) mass is 318 g/mol. The Morgan fingerprint density at radius 3 is 3.00 bits per heavy atom. The second-order valence-corrected chi connectivity index (χ2v) is 6.28. The molecule has 2 heterocycles. The van der Waals surface area contributed by atoms with Gasteiger partial charge in [-0.2, -0.15) is 0 Å². The third-order valence-electron chi connectivity index (χ3n) is 3.84. The molecule has 0 spiro atoms. The van der Waals surface area contributed by atoms with Crippen LogP contribution in [0.15, 0.2) is 41.9 Å². The smallest absolute Gasteiger partial charge is 0.410 e. The van der Waals surface area contributed by atoms with Gasteiger partial charge < -0.3 is 14.7 Å². The molecule has 0 aliphatic carbocycles. The Hall–Kier alpha value is -1.92. The number of carbonyl (C=O) groups excluding carboxylic acids is 1. The third-order valence-corrected chi connectivity index (χ3v) is 4.69. The van der Waals surface area contributed by atoms with Crippen LogP contribution in [0.1, 0.15) is 23.1 Å². The zero-order chi connectivity index (χ0) is 15.4. The Balaban J connectivity index is 1.50. The number of aromatic nitrogens is 1. The lowest BCUT2D eigenvalue weighted by atomic mass is 10.0. The van der Waals surface area contributed by atoms with Gasteiger partial charge in [0.2, 0.25) is 0 Å². The van der Waals surface area contributed by atoms with E-state index in [0.29, 0.717) is 18.1 Å². The molecule has 1 amide bonds. The highest BCUT2D eigenvalue weighted by molar-refractivity contribution is 7.09. The number of carbonyl (C=O) groups is 1. The number of likely N-dealkylation sites (tertiary alicyclic amines) is 1. The molecule has 6 heteroatoms. The van der Waals surface area contributed by atoms with Gasteiger partial charge in [0.05, 0.1) is 0 Å². The van der Waals surface area contributed by atoms with Crippen molar-refractivity contribution in [3.8, 4) is 0 Å². The number of aliphatic hydroxyl groups is 1. The number of benzene rings is 1. The highest BCUT2D eigenvalue weighted by Crippen LogP contribution is 2.31. The zero-order valence-electron chi connectivity index (χ0n) is 12.1. The maximum atomic E-state index is 12.1. The van der Waals surface area contributed by atoms with Gasteiger partial charge in [-0.05, 0) is 12.0 Å². The zero-order valence-corrected chi connectivity index (χ0v) is 12.9. The highest BCUT2D eigenvalue weighted by atomic mass is 32.1. The molecule has 1 aliphatic rings. The van der Waals surface area contributed by atoms with E-state index >= 15 is 0 Å². The molecule has 3 rings (SSSR count). The lowest BCUT2D eigenvalue weighted by molar-refractivity contribution is 0.0897. The number of aliphatic hydroxyl groups excluding tert-OH is 1. The Morgan fingerprint density at radius 1 is 1.45 bits per heavy atom. The van der Waals surface area contributed by atoms with Crippen LogP contribution in [0, 0.1) is 5.92 Å². The molecule has 2 atom stereocenters. The Labute approximate surface area is 133 Å². The minimum absolute atomic E-state index is 0.0235. The lowest BCUT2D eigenvalue weighted by Gasteiger charge is -2.18.